The molecule has 0 saturated carbocycles. The van der Waals surface area contributed by atoms with E-state index in [4.69, 9.17) is 4.42 Å². The summed E-state index contributed by atoms with van der Waals surface area (Å²) in [6.07, 6.45) is 0. The zero-order valence-electron chi connectivity index (χ0n) is 17.9. The first kappa shape index (κ1) is 25.3. The molecule has 1 radical (unpaired) electrons. The van der Waals surface area contributed by atoms with Gasteiger partial charge in [0.05, 0.1) is 8.07 Å². The van der Waals surface area contributed by atoms with Gasteiger partial charge in [0.2, 0.25) is 0 Å². The van der Waals surface area contributed by atoms with Crippen LogP contribution in [0.3, 0.4) is 0 Å². The van der Waals surface area contributed by atoms with Crippen molar-refractivity contribution in [3.63, 3.8) is 0 Å². The third kappa shape index (κ3) is 3.62. The minimum absolute atomic E-state index is 0. The SMILES string of the molecule is CC1=C2c3cc(C)oc3C1[Si]2(C)C.Cc1cc2c(ccc3ccccc32)[cH-]1.[Cl-].[Cl-].[Zr+3]. The third-order valence-corrected chi connectivity index (χ3v) is 10.5. The minimum atomic E-state index is -1.10. The Hall–Kier alpha value is -0.990. The molecule has 4 aromatic rings. The fraction of sp³-hybridized carbons (Fsp3) is 0.240. The summed E-state index contributed by atoms with van der Waals surface area (Å²) in [4.78, 5) is 0. The smallest absolute Gasteiger partial charge is 1.00 e. The number of aryl methyl sites for hydroxylation is 2. The molecule has 0 amide bonds. The van der Waals surface area contributed by atoms with Crippen molar-refractivity contribution in [2.45, 2.75) is 39.4 Å². The van der Waals surface area contributed by atoms with Gasteiger partial charge >= 0.3 is 26.2 Å². The molecule has 0 N–H and O–H groups in total. The van der Waals surface area contributed by atoms with Crippen molar-refractivity contribution < 1.29 is 55.4 Å². The van der Waals surface area contributed by atoms with Crippen molar-refractivity contribution in [1.29, 1.82) is 0 Å². The minimum Gasteiger partial charge on any atom is -1.00 e. The largest absolute Gasteiger partial charge is 3.00 e. The number of halogens is 2. The van der Waals surface area contributed by atoms with Gasteiger partial charge in [-0.3, -0.25) is 0 Å². The van der Waals surface area contributed by atoms with Crippen LogP contribution in [0.1, 0.15) is 35.1 Å². The van der Waals surface area contributed by atoms with Crippen LogP contribution in [0.25, 0.3) is 26.7 Å². The summed E-state index contributed by atoms with van der Waals surface area (Å²) >= 11 is 0. The van der Waals surface area contributed by atoms with E-state index in [9.17, 15) is 0 Å². The first-order valence-corrected chi connectivity index (χ1v) is 12.8. The number of furan rings is 1. The van der Waals surface area contributed by atoms with Gasteiger partial charge in [-0.25, -0.2) is 0 Å². The Labute approximate surface area is 211 Å². The van der Waals surface area contributed by atoms with E-state index < -0.39 is 8.07 Å². The molecule has 3 aliphatic rings. The van der Waals surface area contributed by atoms with Crippen LogP contribution in [0.15, 0.2) is 64.6 Å². The summed E-state index contributed by atoms with van der Waals surface area (Å²) in [7, 11) is -1.10. The predicted octanol–water partition coefficient (Wildman–Crippen LogP) is 1.28. The summed E-state index contributed by atoms with van der Waals surface area (Å²) in [6.45, 7) is 11.4. The maximum absolute atomic E-state index is 5.78. The molecule has 0 fully saturated rings. The van der Waals surface area contributed by atoms with Crippen LogP contribution in [-0.2, 0) is 26.2 Å². The molecule has 30 heavy (non-hydrogen) atoms. The predicted molar refractivity (Wildman–Crippen MR) is 118 cm³/mol. The van der Waals surface area contributed by atoms with E-state index in [-0.39, 0.29) is 51.0 Å². The Morgan fingerprint density at radius 3 is 2.27 bits per heavy atom. The summed E-state index contributed by atoms with van der Waals surface area (Å²) < 4.78 is 5.78. The molecule has 1 atom stereocenters. The number of rotatable bonds is 0. The maximum atomic E-state index is 5.78. The zero-order chi connectivity index (χ0) is 18.9. The molecule has 0 saturated heterocycles. The molecule has 2 aliphatic heterocycles. The Morgan fingerprint density at radius 1 is 0.900 bits per heavy atom. The Balaban J connectivity index is 0.000000195. The summed E-state index contributed by atoms with van der Waals surface area (Å²) in [5, 5.41) is 7.08. The molecule has 5 heteroatoms. The van der Waals surface area contributed by atoms with Crippen LogP contribution in [0, 0.1) is 13.8 Å². The second-order valence-electron chi connectivity index (χ2n) is 8.67. The van der Waals surface area contributed by atoms with Crippen LogP contribution >= 0.6 is 0 Å². The van der Waals surface area contributed by atoms with Crippen molar-refractivity contribution in [3.8, 4) is 0 Å². The first-order chi connectivity index (χ1) is 12.9. The third-order valence-electron chi connectivity index (χ3n) is 6.37. The van der Waals surface area contributed by atoms with E-state index in [1.165, 1.54) is 38.4 Å². The number of benzene rings is 2. The number of hydrogen-bond donors (Lipinski definition) is 0. The molecule has 1 aliphatic carbocycles. The number of fused-ring (bicyclic) bond motifs is 3. The van der Waals surface area contributed by atoms with E-state index in [0.29, 0.717) is 5.54 Å². The average Bonchev–Trinajstić information content (AvgIpc) is 3.29. The summed E-state index contributed by atoms with van der Waals surface area (Å²) in [5.74, 6) is 2.35. The quantitative estimate of drug-likeness (QED) is 0.246. The maximum Gasteiger partial charge on any atom is 3.00 e. The first-order valence-electron chi connectivity index (χ1n) is 9.74. The molecule has 1 unspecified atom stereocenters. The fourth-order valence-electron chi connectivity index (χ4n) is 5.40. The topological polar surface area (TPSA) is 13.1 Å². The molecular weight excluding hydrogens is 506 g/mol. The van der Waals surface area contributed by atoms with Gasteiger partial charge in [-0.2, -0.15) is 6.07 Å². The van der Waals surface area contributed by atoms with Crippen molar-refractivity contribution in [2.24, 2.45) is 0 Å². The van der Waals surface area contributed by atoms with Gasteiger partial charge in [-0.1, -0.05) is 61.3 Å². The van der Waals surface area contributed by atoms with Gasteiger partial charge in [0.1, 0.15) is 11.5 Å². The van der Waals surface area contributed by atoms with Crippen LogP contribution in [0.2, 0.25) is 13.1 Å². The molecule has 0 spiro atoms. The van der Waals surface area contributed by atoms with E-state index in [2.05, 4.69) is 81.5 Å². The van der Waals surface area contributed by atoms with Crippen molar-refractivity contribution in [3.05, 3.63) is 82.8 Å². The van der Waals surface area contributed by atoms with Crippen LogP contribution in [0.5, 0.6) is 0 Å². The molecule has 153 valence electrons. The summed E-state index contributed by atoms with van der Waals surface area (Å²) in [5.41, 5.74) is 5.07. The standard InChI is InChI=1S/C14H11.C11H14OSi.2ClH.Zr/c1-10-8-12-7-6-11-4-2-3-5-13(11)14(12)9-10;1-6-5-8-9(12-6)11-7(2)10(8)13(11,3)4;;;/h2-9H,1H3;5,11H,1-4H3;2*1H;/q-1;;;;+3/p-2. The molecule has 1 nitrogen and oxygen atoms in total. The van der Waals surface area contributed by atoms with Gasteiger partial charge in [0.15, 0.2) is 0 Å². The van der Waals surface area contributed by atoms with Crippen molar-refractivity contribution in [2.75, 3.05) is 0 Å². The zero-order valence-corrected chi connectivity index (χ0v) is 22.9. The number of hydrogen-bond acceptors (Lipinski definition) is 1. The van der Waals surface area contributed by atoms with Crippen molar-refractivity contribution in [1.82, 2.24) is 0 Å². The number of allylic oxidation sites excluding steroid dienone is 1. The molecule has 3 aromatic carbocycles. The second-order valence-corrected chi connectivity index (χ2v) is 13.2. The van der Waals surface area contributed by atoms with Gasteiger partial charge in [0, 0.05) is 11.1 Å². The molecular formula is C25H25Cl2OSiZr. The normalized spacial score (nSPS) is 17.2. The van der Waals surface area contributed by atoms with Gasteiger partial charge in [-0.15, -0.1) is 28.5 Å². The Bertz CT molecular complexity index is 1250. The van der Waals surface area contributed by atoms with E-state index in [0.717, 1.165) is 5.76 Å². The molecule has 2 bridgehead atoms. The fourth-order valence-corrected chi connectivity index (χ4v) is 9.61. The monoisotopic (exact) mass is 529 g/mol. The van der Waals surface area contributed by atoms with Gasteiger partial charge < -0.3 is 29.2 Å². The van der Waals surface area contributed by atoms with Gasteiger partial charge in [-0.05, 0) is 30.5 Å². The van der Waals surface area contributed by atoms with Crippen molar-refractivity contribution >= 4 is 34.8 Å². The van der Waals surface area contributed by atoms with Crippen LogP contribution in [0.4, 0.5) is 0 Å². The Kier molecular flexibility index (Phi) is 7.47. The second kappa shape index (κ2) is 8.87. The average molecular weight is 532 g/mol. The van der Waals surface area contributed by atoms with Crippen LogP contribution in [-0.4, -0.2) is 8.07 Å². The Morgan fingerprint density at radius 2 is 1.60 bits per heavy atom. The molecule has 7 rings (SSSR count). The van der Waals surface area contributed by atoms with Gasteiger partial charge in [0.25, 0.3) is 0 Å². The molecule has 3 heterocycles. The van der Waals surface area contributed by atoms with E-state index >= 15 is 0 Å². The molecule has 1 aromatic heterocycles. The van der Waals surface area contributed by atoms with E-state index in [1.807, 2.05) is 6.92 Å². The van der Waals surface area contributed by atoms with Crippen LogP contribution < -0.4 is 24.8 Å². The summed E-state index contributed by atoms with van der Waals surface area (Å²) in [6, 6.07) is 19.7. The van der Waals surface area contributed by atoms with E-state index in [1.54, 1.807) is 10.8 Å².